The third-order valence-corrected chi connectivity index (χ3v) is 3.05. The summed E-state index contributed by atoms with van der Waals surface area (Å²) in [6.07, 6.45) is 1.22. The number of nitrogens with zero attached hydrogens (tertiary/aromatic N) is 2. The summed E-state index contributed by atoms with van der Waals surface area (Å²) in [4.78, 5) is 7.83. The Morgan fingerprint density at radius 1 is 1.22 bits per heavy atom. The van der Waals surface area contributed by atoms with E-state index in [9.17, 15) is 13.9 Å². The Hall–Kier alpha value is -1.40. The van der Waals surface area contributed by atoms with Crippen LogP contribution in [-0.2, 0) is 0 Å². The molecule has 0 saturated heterocycles. The molecule has 0 radical (unpaired) electrons. The van der Waals surface area contributed by atoms with E-state index in [0.717, 1.165) is 6.07 Å². The molecule has 2 aromatic rings. The SMILES string of the molecule is Cc1cnc(C(O)c2c(F)ccc(Br)c2F)cn1. The van der Waals surface area contributed by atoms with Crippen molar-refractivity contribution in [2.45, 2.75) is 13.0 Å². The van der Waals surface area contributed by atoms with Crippen molar-refractivity contribution < 1.29 is 13.9 Å². The van der Waals surface area contributed by atoms with Crippen molar-refractivity contribution in [3.05, 3.63) is 57.6 Å². The summed E-state index contributed by atoms with van der Waals surface area (Å²) < 4.78 is 27.4. The van der Waals surface area contributed by atoms with E-state index in [1.807, 2.05) is 0 Å². The van der Waals surface area contributed by atoms with Gasteiger partial charge in [-0.3, -0.25) is 9.97 Å². The fourth-order valence-corrected chi connectivity index (χ4v) is 1.83. The van der Waals surface area contributed by atoms with Crippen molar-refractivity contribution in [1.29, 1.82) is 0 Å². The predicted molar refractivity (Wildman–Crippen MR) is 64.9 cm³/mol. The summed E-state index contributed by atoms with van der Waals surface area (Å²) in [5.74, 6) is -1.67. The van der Waals surface area contributed by atoms with E-state index in [1.54, 1.807) is 6.92 Å². The van der Waals surface area contributed by atoms with Crippen LogP contribution in [0.5, 0.6) is 0 Å². The molecule has 0 aliphatic heterocycles. The molecule has 1 heterocycles. The summed E-state index contributed by atoms with van der Waals surface area (Å²) in [5.41, 5.74) is 0.306. The maximum atomic E-state index is 13.8. The molecule has 6 heteroatoms. The first-order valence-electron chi connectivity index (χ1n) is 5.10. The van der Waals surface area contributed by atoms with Gasteiger partial charge in [0.05, 0.1) is 27.6 Å². The molecule has 0 aliphatic carbocycles. The first-order chi connectivity index (χ1) is 8.50. The van der Waals surface area contributed by atoms with Gasteiger partial charge in [-0.1, -0.05) is 0 Å². The van der Waals surface area contributed by atoms with Crippen LogP contribution in [0.15, 0.2) is 29.0 Å². The topological polar surface area (TPSA) is 46.0 Å². The Morgan fingerprint density at radius 2 is 1.94 bits per heavy atom. The van der Waals surface area contributed by atoms with E-state index in [-0.39, 0.29) is 10.2 Å². The molecule has 1 aromatic heterocycles. The third kappa shape index (κ3) is 2.39. The molecule has 1 atom stereocenters. The van der Waals surface area contributed by atoms with Gasteiger partial charge in [0.2, 0.25) is 0 Å². The second kappa shape index (κ2) is 5.07. The Kier molecular flexibility index (Phi) is 3.68. The van der Waals surface area contributed by atoms with Crippen LogP contribution < -0.4 is 0 Å². The van der Waals surface area contributed by atoms with Gasteiger partial charge in [0, 0.05) is 6.20 Å². The van der Waals surface area contributed by atoms with Crippen LogP contribution in [0.3, 0.4) is 0 Å². The van der Waals surface area contributed by atoms with E-state index >= 15 is 0 Å². The van der Waals surface area contributed by atoms with Crippen molar-refractivity contribution in [2.75, 3.05) is 0 Å². The molecule has 0 fully saturated rings. The van der Waals surface area contributed by atoms with E-state index in [4.69, 9.17) is 0 Å². The molecule has 0 bridgehead atoms. The second-order valence-electron chi connectivity index (χ2n) is 3.74. The zero-order chi connectivity index (χ0) is 13.3. The van der Waals surface area contributed by atoms with Crippen molar-refractivity contribution in [1.82, 2.24) is 9.97 Å². The summed E-state index contributed by atoms with van der Waals surface area (Å²) >= 11 is 2.94. The highest BCUT2D eigenvalue weighted by molar-refractivity contribution is 9.10. The monoisotopic (exact) mass is 314 g/mol. The van der Waals surface area contributed by atoms with Gasteiger partial charge < -0.3 is 5.11 Å². The van der Waals surface area contributed by atoms with Crippen molar-refractivity contribution in [3.63, 3.8) is 0 Å². The first-order valence-corrected chi connectivity index (χ1v) is 5.90. The van der Waals surface area contributed by atoms with Crippen LogP contribution in [-0.4, -0.2) is 15.1 Å². The van der Waals surface area contributed by atoms with Gasteiger partial charge in [0.15, 0.2) is 0 Å². The summed E-state index contributed by atoms with van der Waals surface area (Å²) in [5, 5.41) is 9.97. The number of hydrogen-bond acceptors (Lipinski definition) is 3. The first kappa shape index (κ1) is 13.0. The molecule has 0 amide bonds. The fourth-order valence-electron chi connectivity index (χ4n) is 1.49. The lowest BCUT2D eigenvalue weighted by Gasteiger charge is -2.13. The Morgan fingerprint density at radius 3 is 2.56 bits per heavy atom. The van der Waals surface area contributed by atoms with E-state index in [2.05, 4.69) is 25.9 Å². The summed E-state index contributed by atoms with van der Waals surface area (Å²) in [6, 6.07) is 2.31. The maximum Gasteiger partial charge on any atom is 0.146 e. The normalized spacial score (nSPS) is 12.5. The van der Waals surface area contributed by atoms with Crippen LogP contribution in [0.1, 0.15) is 23.1 Å². The molecule has 3 nitrogen and oxygen atoms in total. The molecule has 0 aliphatic rings. The minimum Gasteiger partial charge on any atom is -0.382 e. The number of benzene rings is 1. The minimum absolute atomic E-state index is 0.0815. The molecule has 94 valence electrons. The number of hydrogen-bond donors (Lipinski definition) is 1. The maximum absolute atomic E-state index is 13.8. The number of aliphatic hydroxyl groups is 1. The number of aromatic nitrogens is 2. The molecule has 1 N–H and O–H groups in total. The average Bonchev–Trinajstić information content (AvgIpc) is 2.35. The zero-order valence-electron chi connectivity index (χ0n) is 9.36. The van der Waals surface area contributed by atoms with Crippen LogP contribution in [0, 0.1) is 18.6 Å². The number of rotatable bonds is 2. The molecule has 0 spiro atoms. The van der Waals surface area contributed by atoms with Gasteiger partial charge in [-0.15, -0.1) is 0 Å². The summed E-state index contributed by atoms with van der Waals surface area (Å²) in [7, 11) is 0. The van der Waals surface area contributed by atoms with E-state index in [1.165, 1.54) is 18.5 Å². The largest absolute Gasteiger partial charge is 0.382 e. The van der Waals surface area contributed by atoms with Crippen LogP contribution in [0.2, 0.25) is 0 Å². The number of aliphatic hydroxyl groups excluding tert-OH is 1. The third-order valence-electron chi connectivity index (χ3n) is 2.43. The highest BCUT2D eigenvalue weighted by atomic mass is 79.9. The average molecular weight is 315 g/mol. The van der Waals surface area contributed by atoms with E-state index < -0.39 is 23.3 Å². The van der Waals surface area contributed by atoms with Crippen LogP contribution in [0.25, 0.3) is 0 Å². The smallest absolute Gasteiger partial charge is 0.146 e. The number of aryl methyl sites for hydroxylation is 1. The molecule has 1 aromatic carbocycles. The Labute approximate surface area is 111 Å². The highest BCUT2D eigenvalue weighted by Crippen LogP contribution is 2.29. The van der Waals surface area contributed by atoms with Crippen molar-refractivity contribution >= 4 is 15.9 Å². The molecule has 1 unspecified atom stereocenters. The molecule has 2 rings (SSSR count). The highest BCUT2D eigenvalue weighted by Gasteiger charge is 2.22. The predicted octanol–water partition coefficient (Wildman–Crippen LogP) is 2.91. The van der Waals surface area contributed by atoms with Crippen LogP contribution >= 0.6 is 15.9 Å². The van der Waals surface area contributed by atoms with Gasteiger partial charge in [-0.05, 0) is 35.0 Å². The van der Waals surface area contributed by atoms with Gasteiger partial charge >= 0.3 is 0 Å². The van der Waals surface area contributed by atoms with Gasteiger partial charge in [-0.25, -0.2) is 8.78 Å². The number of halogens is 3. The van der Waals surface area contributed by atoms with Crippen LogP contribution in [0.4, 0.5) is 8.78 Å². The molecule has 0 saturated carbocycles. The molecule has 18 heavy (non-hydrogen) atoms. The second-order valence-corrected chi connectivity index (χ2v) is 4.60. The summed E-state index contributed by atoms with van der Waals surface area (Å²) in [6.45, 7) is 1.73. The van der Waals surface area contributed by atoms with Crippen molar-refractivity contribution in [2.24, 2.45) is 0 Å². The lowest BCUT2D eigenvalue weighted by molar-refractivity contribution is 0.203. The van der Waals surface area contributed by atoms with Crippen molar-refractivity contribution in [3.8, 4) is 0 Å². The molecular weight excluding hydrogens is 306 g/mol. The van der Waals surface area contributed by atoms with E-state index in [0.29, 0.717) is 5.69 Å². The fraction of sp³-hybridized carbons (Fsp3) is 0.167. The lowest BCUT2D eigenvalue weighted by Crippen LogP contribution is -2.08. The quantitative estimate of drug-likeness (QED) is 0.867. The zero-order valence-corrected chi connectivity index (χ0v) is 10.9. The van der Waals surface area contributed by atoms with Gasteiger partial charge in [0.1, 0.15) is 17.7 Å². The minimum atomic E-state index is -1.49. The standard InChI is InChI=1S/C12H9BrF2N2O/c1-6-4-17-9(5-16-6)12(18)10-8(14)3-2-7(13)11(10)15/h2-5,12,18H,1H3. The lowest BCUT2D eigenvalue weighted by atomic mass is 10.1. The Bertz CT molecular complexity index is 575. The van der Waals surface area contributed by atoms with Gasteiger partial charge in [-0.2, -0.15) is 0 Å². The Balaban J connectivity index is 2.49. The van der Waals surface area contributed by atoms with Gasteiger partial charge in [0.25, 0.3) is 0 Å². The molecular formula is C12H9BrF2N2O.